The standard InChI is InChI=1S/C22H22N2O6S/c1-28-11-12-29-18-13-16(24-22(25)21-5-3-4-10-23-21)14-19(15-18)30-17-6-8-20(9-7-17)31(2,26)27/h3-10,13-15H,11-12H2,1-2H3,(H,24,25). The molecule has 0 unspecified atom stereocenters. The van der Waals surface area contributed by atoms with Crippen molar-refractivity contribution in [2.45, 2.75) is 4.90 Å². The van der Waals surface area contributed by atoms with Gasteiger partial charge < -0.3 is 19.5 Å². The Hall–Kier alpha value is -3.43. The van der Waals surface area contributed by atoms with Gasteiger partial charge in [0.2, 0.25) is 0 Å². The third-order valence-corrected chi connectivity index (χ3v) is 5.21. The third-order valence-electron chi connectivity index (χ3n) is 4.08. The normalized spacial score (nSPS) is 11.0. The third kappa shape index (κ3) is 6.53. The van der Waals surface area contributed by atoms with Gasteiger partial charge in [0.25, 0.3) is 5.91 Å². The van der Waals surface area contributed by atoms with Crippen LogP contribution in [-0.2, 0) is 14.6 Å². The number of methoxy groups -OCH3 is 1. The summed E-state index contributed by atoms with van der Waals surface area (Å²) < 4.78 is 39.8. The van der Waals surface area contributed by atoms with Crippen LogP contribution in [-0.4, -0.2) is 45.9 Å². The van der Waals surface area contributed by atoms with E-state index in [1.54, 1.807) is 55.6 Å². The molecule has 1 N–H and O–H groups in total. The number of carbonyl (C=O) groups excluding carboxylic acids is 1. The van der Waals surface area contributed by atoms with Crippen molar-refractivity contribution in [2.75, 3.05) is 31.9 Å². The second-order valence-electron chi connectivity index (χ2n) is 6.55. The van der Waals surface area contributed by atoms with Crippen LogP contribution >= 0.6 is 0 Å². The van der Waals surface area contributed by atoms with E-state index in [1.807, 2.05) is 0 Å². The van der Waals surface area contributed by atoms with Gasteiger partial charge in [0.05, 0.1) is 11.5 Å². The number of sulfone groups is 1. The highest BCUT2D eigenvalue weighted by molar-refractivity contribution is 7.90. The predicted molar refractivity (Wildman–Crippen MR) is 116 cm³/mol. The molecule has 0 spiro atoms. The molecule has 1 aromatic heterocycles. The maximum atomic E-state index is 12.5. The van der Waals surface area contributed by atoms with Gasteiger partial charge in [-0.1, -0.05) is 6.07 Å². The van der Waals surface area contributed by atoms with Crippen molar-refractivity contribution in [3.8, 4) is 17.2 Å². The zero-order chi connectivity index (χ0) is 22.3. The van der Waals surface area contributed by atoms with Crippen LogP contribution in [0.4, 0.5) is 5.69 Å². The smallest absolute Gasteiger partial charge is 0.274 e. The fourth-order valence-corrected chi connectivity index (χ4v) is 3.24. The lowest BCUT2D eigenvalue weighted by atomic mass is 10.2. The number of carbonyl (C=O) groups is 1. The lowest BCUT2D eigenvalue weighted by Gasteiger charge is -2.13. The molecule has 31 heavy (non-hydrogen) atoms. The molecule has 3 rings (SSSR count). The minimum atomic E-state index is -3.30. The zero-order valence-corrected chi connectivity index (χ0v) is 17.9. The van der Waals surface area contributed by atoms with Gasteiger partial charge in [-0.05, 0) is 36.4 Å². The number of pyridine rings is 1. The highest BCUT2D eigenvalue weighted by Gasteiger charge is 2.11. The van der Waals surface area contributed by atoms with Crippen LogP contribution in [0.25, 0.3) is 0 Å². The first-order valence-corrected chi connectivity index (χ1v) is 11.2. The first-order valence-electron chi connectivity index (χ1n) is 9.32. The van der Waals surface area contributed by atoms with E-state index >= 15 is 0 Å². The second kappa shape index (κ2) is 10.1. The Morgan fingerprint density at radius 3 is 2.35 bits per heavy atom. The van der Waals surface area contributed by atoms with Gasteiger partial charge in [-0.3, -0.25) is 9.78 Å². The Balaban J connectivity index is 1.83. The quantitative estimate of drug-likeness (QED) is 0.505. The van der Waals surface area contributed by atoms with Gasteiger partial charge in [-0.2, -0.15) is 0 Å². The number of hydrogen-bond acceptors (Lipinski definition) is 7. The maximum Gasteiger partial charge on any atom is 0.274 e. The average molecular weight is 442 g/mol. The van der Waals surface area contributed by atoms with Gasteiger partial charge in [0.15, 0.2) is 9.84 Å². The van der Waals surface area contributed by atoms with Crippen molar-refractivity contribution in [1.29, 1.82) is 0 Å². The number of rotatable bonds is 9. The molecule has 0 aliphatic carbocycles. The number of ether oxygens (including phenoxy) is 3. The number of amides is 1. The number of hydrogen-bond donors (Lipinski definition) is 1. The van der Waals surface area contributed by atoms with Crippen molar-refractivity contribution < 1.29 is 27.4 Å². The molecule has 0 aliphatic heterocycles. The lowest BCUT2D eigenvalue weighted by molar-refractivity contribution is 0.102. The summed E-state index contributed by atoms with van der Waals surface area (Å²) >= 11 is 0. The molecule has 0 saturated carbocycles. The minimum absolute atomic E-state index is 0.194. The number of nitrogens with zero attached hydrogens (tertiary/aromatic N) is 1. The molecule has 0 atom stereocenters. The van der Waals surface area contributed by atoms with Gasteiger partial charge in [-0.25, -0.2) is 8.42 Å². The summed E-state index contributed by atoms with van der Waals surface area (Å²) in [5.41, 5.74) is 0.723. The summed E-state index contributed by atoms with van der Waals surface area (Å²) in [4.78, 5) is 16.7. The van der Waals surface area contributed by atoms with Crippen molar-refractivity contribution in [3.05, 3.63) is 72.6 Å². The van der Waals surface area contributed by atoms with E-state index in [4.69, 9.17) is 14.2 Å². The molecule has 1 amide bonds. The molecule has 3 aromatic rings. The molecular weight excluding hydrogens is 420 g/mol. The predicted octanol–water partition coefficient (Wildman–Crippen LogP) is 3.55. The van der Waals surface area contributed by atoms with Gasteiger partial charge in [-0.15, -0.1) is 0 Å². The van der Waals surface area contributed by atoms with Crippen LogP contribution in [0, 0.1) is 0 Å². The van der Waals surface area contributed by atoms with Crippen LogP contribution in [0.1, 0.15) is 10.5 Å². The Bertz CT molecular complexity index is 1130. The summed E-state index contributed by atoms with van der Waals surface area (Å²) in [7, 11) is -1.73. The topological polar surface area (TPSA) is 104 Å². The molecule has 8 nitrogen and oxygen atoms in total. The van der Waals surface area contributed by atoms with E-state index in [2.05, 4.69) is 10.3 Å². The molecule has 1 heterocycles. The van der Waals surface area contributed by atoms with Gasteiger partial charge >= 0.3 is 0 Å². The second-order valence-corrected chi connectivity index (χ2v) is 8.56. The van der Waals surface area contributed by atoms with Gasteiger partial charge in [0, 0.05) is 43.4 Å². The summed E-state index contributed by atoms with van der Waals surface area (Å²) in [6, 6.07) is 16.1. The lowest BCUT2D eigenvalue weighted by Crippen LogP contribution is -2.13. The van der Waals surface area contributed by atoms with Crippen LogP contribution in [0.2, 0.25) is 0 Å². The molecule has 162 valence electrons. The van der Waals surface area contributed by atoms with E-state index in [9.17, 15) is 13.2 Å². The number of nitrogens with one attached hydrogen (secondary N) is 1. The van der Waals surface area contributed by atoms with Crippen LogP contribution < -0.4 is 14.8 Å². The highest BCUT2D eigenvalue weighted by Crippen LogP contribution is 2.30. The molecule has 0 radical (unpaired) electrons. The monoisotopic (exact) mass is 442 g/mol. The first-order chi connectivity index (χ1) is 14.8. The van der Waals surface area contributed by atoms with E-state index in [1.165, 1.54) is 18.3 Å². The Kier molecular flexibility index (Phi) is 7.22. The van der Waals surface area contributed by atoms with Crippen molar-refractivity contribution in [2.24, 2.45) is 0 Å². The van der Waals surface area contributed by atoms with Crippen LogP contribution in [0.3, 0.4) is 0 Å². The van der Waals surface area contributed by atoms with E-state index < -0.39 is 9.84 Å². The SMILES string of the molecule is COCCOc1cc(NC(=O)c2ccccn2)cc(Oc2ccc(S(C)(=O)=O)cc2)c1. The van der Waals surface area contributed by atoms with Crippen molar-refractivity contribution in [1.82, 2.24) is 4.98 Å². The average Bonchev–Trinajstić information content (AvgIpc) is 2.74. The van der Waals surface area contributed by atoms with Crippen LogP contribution in [0.5, 0.6) is 17.2 Å². The minimum Gasteiger partial charge on any atom is -0.491 e. The van der Waals surface area contributed by atoms with Gasteiger partial charge in [0.1, 0.15) is 29.5 Å². The Labute approximate surface area is 180 Å². The fourth-order valence-electron chi connectivity index (χ4n) is 2.61. The summed E-state index contributed by atoms with van der Waals surface area (Å²) in [5, 5.41) is 2.77. The molecule has 0 aliphatic rings. The number of benzene rings is 2. The molecular formula is C22H22N2O6S. The van der Waals surface area contributed by atoms with E-state index in [0.717, 1.165) is 6.26 Å². The summed E-state index contributed by atoms with van der Waals surface area (Å²) in [5.74, 6) is 0.929. The largest absolute Gasteiger partial charge is 0.491 e. The summed E-state index contributed by atoms with van der Waals surface area (Å²) in [6.45, 7) is 0.713. The Morgan fingerprint density at radius 1 is 0.968 bits per heavy atom. The van der Waals surface area contributed by atoms with Crippen molar-refractivity contribution in [3.63, 3.8) is 0 Å². The molecule has 0 bridgehead atoms. The maximum absolute atomic E-state index is 12.5. The molecule has 0 fully saturated rings. The number of anilines is 1. The first kappa shape index (κ1) is 22.3. The molecule has 2 aromatic carbocycles. The Morgan fingerprint density at radius 2 is 1.71 bits per heavy atom. The van der Waals surface area contributed by atoms with E-state index in [0.29, 0.717) is 36.1 Å². The van der Waals surface area contributed by atoms with Crippen molar-refractivity contribution >= 4 is 21.4 Å². The molecule has 9 heteroatoms. The number of aromatic nitrogens is 1. The van der Waals surface area contributed by atoms with Crippen LogP contribution in [0.15, 0.2) is 71.8 Å². The summed E-state index contributed by atoms with van der Waals surface area (Å²) in [6.07, 6.45) is 2.67. The zero-order valence-electron chi connectivity index (χ0n) is 17.1. The molecule has 0 saturated heterocycles. The highest BCUT2D eigenvalue weighted by atomic mass is 32.2. The van der Waals surface area contributed by atoms with E-state index in [-0.39, 0.29) is 16.5 Å². The fraction of sp³-hybridized carbons (Fsp3) is 0.182.